The lowest BCUT2D eigenvalue weighted by Crippen LogP contribution is -2.44. The molecule has 0 saturated heterocycles. The van der Waals surface area contributed by atoms with Crippen molar-refractivity contribution in [3.8, 4) is 0 Å². The van der Waals surface area contributed by atoms with Crippen molar-refractivity contribution in [1.29, 1.82) is 0 Å². The zero-order valence-electron chi connectivity index (χ0n) is 17.2. The molecule has 34 heavy (non-hydrogen) atoms. The van der Waals surface area contributed by atoms with Crippen molar-refractivity contribution >= 4 is 11.7 Å². The fourth-order valence-corrected chi connectivity index (χ4v) is 3.51. The second-order valence-electron chi connectivity index (χ2n) is 7.58. The highest BCUT2D eigenvalue weighted by Gasteiger charge is 2.60. The molecule has 0 aliphatic carbocycles. The molecule has 1 aromatic carbocycles. The molecule has 0 amide bonds. The SMILES string of the molecule is CC(=O)OCc1ccc(C2=NCC(c3cccc(C(F)(F)F)n3)(C(F)(F)F)C2)cc1C(F)(F)F. The number of aromatic nitrogens is 1. The minimum atomic E-state index is -5.10. The van der Waals surface area contributed by atoms with Gasteiger partial charge in [-0.1, -0.05) is 18.2 Å². The zero-order chi connectivity index (χ0) is 25.5. The fraction of sp³-hybridized carbons (Fsp3) is 0.381. The van der Waals surface area contributed by atoms with Gasteiger partial charge in [0, 0.05) is 24.6 Å². The summed E-state index contributed by atoms with van der Waals surface area (Å²) >= 11 is 0. The number of esters is 1. The Morgan fingerprint density at radius 2 is 1.68 bits per heavy atom. The molecule has 0 fully saturated rings. The Labute approximate surface area is 186 Å². The first-order valence-electron chi connectivity index (χ1n) is 9.53. The molecule has 4 nitrogen and oxygen atoms in total. The van der Waals surface area contributed by atoms with Crippen LogP contribution in [0.1, 0.15) is 41.4 Å². The third-order valence-electron chi connectivity index (χ3n) is 5.26. The van der Waals surface area contributed by atoms with Crippen molar-refractivity contribution in [3.05, 3.63) is 64.5 Å². The lowest BCUT2D eigenvalue weighted by atomic mass is 9.79. The van der Waals surface area contributed by atoms with Crippen LogP contribution in [-0.4, -0.2) is 29.4 Å². The number of hydrogen-bond donors (Lipinski definition) is 0. The van der Waals surface area contributed by atoms with Crippen LogP contribution in [0.2, 0.25) is 0 Å². The summed E-state index contributed by atoms with van der Waals surface area (Å²) < 4.78 is 127. The van der Waals surface area contributed by atoms with Crippen LogP contribution in [0, 0.1) is 0 Å². The number of ether oxygens (including phenoxy) is 1. The average molecular weight is 498 g/mol. The number of pyridine rings is 1. The predicted molar refractivity (Wildman–Crippen MR) is 99.9 cm³/mol. The first-order valence-corrected chi connectivity index (χ1v) is 9.53. The van der Waals surface area contributed by atoms with Crippen LogP contribution in [0.4, 0.5) is 39.5 Å². The average Bonchev–Trinajstić information content (AvgIpc) is 3.18. The first kappa shape index (κ1) is 25.5. The van der Waals surface area contributed by atoms with Crippen molar-refractivity contribution in [3.63, 3.8) is 0 Å². The maximum absolute atomic E-state index is 14.1. The molecule has 13 heteroatoms. The molecule has 0 radical (unpaired) electrons. The number of aliphatic imine (C=N–C) groups is 1. The molecule has 0 spiro atoms. The molecule has 1 aliphatic heterocycles. The van der Waals surface area contributed by atoms with Gasteiger partial charge in [-0.2, -0.15) is 39.5 Å². The number of halogens is 9. The number of carbonyl (C=O) groups excluding carboxylic acids is 1. The summed E-state index contributed by atoms with van der Waals surface area (Å²) in [5.74, 6) is -0.832. The summed E-state index contributed by atoms with van der Waals surface area (Å²) in [7, 11) is 0. The maximum atomic E-state index is 14.1. The van der Waals surface area contributed by atoms with E-state index in [0.717, 1.165) is 31.2 Å². The summed E-state index contributed by atoms with van der Waals surface area (Å²) in [6.45, 7) is -0.762. The van der Waals surface area contributed by atoms with Crippen molar-refractivity contribution in [1.82, 2.24) is 4.98 Å². The highest BCUT2D eigenvalue weighted by atomic mass is 19.4. The third-order valence-corrected chi connectivity index (χ3v) is 5.26. The Kier molecular flexibility index (Phi) is 6.44. The van der Waals surface area contributed by atoms with Gasteiger partial charge in [-0.05, 0) is 23.8 Å². The van der Waals surface area contributed by atoms with Gasteiger partial charge < -0.3 is 4.74 Å². The number of alkyl halides is 9. The van der Waals surface area contributed by atoms with Crippen LogP contribution < -0.4 is 0 Å². The van der Waals surface area contributed by atoms with Crippen molar-refractivity contribution in [2.45, 2.75) is 43.9 Å². The quantitative estimate of drug-likeness (QED) is 0.391. The lowest BCUT2D eigenvalue weighted by Gasteiger charge is -2.30. The van der Waals surface area contributed by atoms with E-state index in [1.807, 2.05) is 0 Å². The fourth-order valence-electron chi connectivity index (χ4n) is 3.51. The molecule has 0 saturated carbocycles. The van der Waals surface area contributed by atoms with E-state index in [9.17, 15) is 44.3 Å². The third kappa shape index (κ3) is 5.02. The summed E-state index contributed by atoms with van der Waals surface area (Å²) in [4.78, 5) is 17.8. The summed E-state index contributed by atoms with van der Waals surface area (Å²) in [5.41, 5.74) is -7.74. The van der Waals surface area contributed by atoms with E-state index in [2.05, 4.69) is 14.7 Å². The molecule has 2 heterocycles. The van der Waals surface area contributed by atoms with Gasteiger partial charge >= 0.3 is 24.5 Å². The molecule has 0 bridgehead atoms. The highest BCUT2D eigenvalue weighted by Crippen LogP contribution is 2.48. The van der Waals surface area contributed by atoms with Crippen LogP contribution in [-0.2, 0) is 33.9 Å². The zero-order valence-corrected chi connectivity index (χ0v) is 17.2. The minimum absolute atomic E-state index is 0.294. The van der Waals surface area contributed by atoms with Crippen LogP contribution in [0.25, 0.3) is 0 Å². The van der Waals surface area contributed by atoms with Crippen LogP contribution >= 0.6 is 0 Å². The first-order chi connectivity index (χ1) is 15.5. The molecule has 1 unspecified atom stereocenters. The van der Waals surface area contributed by atoms with Crippen LogP contribution in [0.3, 0.4) is 0 Å². The Balaban J connectivity index is 2.02. The van der Waals surface area contributed by atoms with E-state index < -0.39 is 72.0 Å². The van der Waals surface area contributed by atoms with Gasteiger partial charge in [0.15, 0.2) is 0 Å². The summed E-state index contributed by atoms with van der Waals surface area (Å²) in [6.07, 6.45) is -16.0. The number of carbonyl (C=O) groups is 1. The van der Waals surface area contributed by atoms with Gasteiger partial charge in [-0.25, -0.2) is 4.98 Å². The number of nitrogens with zero attached hydrogens (tertiary/aromatic N) is 2. The Bertz CT molecular complexity index is 1120. The summed E-state index contributed by atoms with van der Waals surface area (Å²) in [5, 5.41) is 0. The van der Waals surface area contributed by atoms with E-state index in [4.69, 9.17) is 0 Å². The van der Waals surface area contributed by atoms with Crippen molar-refractivity contribution < 1.29 is 49.0 Å². The maximum Gasteiger partial charge on any atom is 0.433 e. The molecule has 2 aromatic rings. The topological polar surface area (TPSA) is 51.5 Å². The monoisotopic (exact) mass is 498 g/mol. The lowest BCUT2D eigenvalue weighted by molar-refractivity contribution is -0.185. The molecule has 1 aromatic heterocycles. The van der Waals surface area contributed by atoms with E-state index in [1.54, 1.807) is 0 Å². The molecular formula is C21H15F9N2O2. The molecule has 184 valence electrons. The van der Waals surface area contributed by atoms with Crippen molar-refractivity contribution in [2.75, 3.05) is 6.54 Å². The molecule has 1 aliphatic rings. The van der Waals surface area contributed by atoms with Gasteiger partial charge in [-0.15, -0.1) is 0 Å². The smallest absolute Gasteiger partial charge is 0.433 e. The molecule has 1 atom stereocenters. The van der Waals surface area contributed by atoms with E-state index >= 15 is 0 Å². The van der Waals surface area contributed by atoms with Crippen LogP contribution in [0.5, 0.6) is 0 Å². The predicted octanol–water partition coefficient (Wildman–Crippen LogP) is 5.88. The number of benzene rings is 1. The highest BCUT2D eigenvalue weighted by molar-refractivity contribution is 6.03. The van der Waals surface area contributed by atoms with E-state index in [0.29, 0.717) is 12.1 Å². The van der Waals surface area contributed by atoms with Crippen molar-refractivity contribution in [2.24, 2.45) is 4.99 Å². The van der Waals surface area contributed by atoms with Gasteiger partial charge in [0.1, 0.15) is 17.7 Å². The van der Waals surface area contributed by atoms with Gasteiger partial charge in [0.05, 0.1) is 17.8 Å². The second-order valence-corrected chi connectivity index (χ2v) is 7.58. The second kappa shape index (κ2) is 8.58. The normalized spacial score (nSPS) is 19.2. The Hall–Kier alpha value is -3.12. The largest absolute Gasteiger partial charge is 0.461 e. The van der Waals surface area contributed by atoms with Crippen LogP contribution in [0.15, 0.2) is 41.4 Å². The summed E-state index contributed by atoms with van der Waals surface area (Å²) in [6, 6.07) is 4.68. The van der Waals surface area contributed by atoms with E-state index in [-0.39, 0.29) is 11.3 Å². The van der Waals surface area contributed by atoms with E-state index in [1.165, 1.54) is 0 Å². The molecule has 3 rings (SSSR count). The standard InChI is InChI=1S/C21H15F9N2O2/c1-11(33)34-9-13-6-5-12(7-14(13)19(22,23)24)15-8-18(10-31-15,21(28,29)30)16-3-2-4-17(32-16)20(25,26)27/h2-7H,8-10H2,1H3. The minimum Gasteiger partial charge on any atom is -0.461 e. The number of rotatable bonds is 4. The molecule has 0 N–H and O–H groups in total. The molecular weight excluding hydrogens is 483 g/mol. The van der Waals surface area contributed by atoms with Gasteiger partial charge in [0.25, 0.3) is 0 Å². The van der Waals surface area contributed by atoms with Gasteiger partial charge in [0.2, 0.25) is 0 Å². The number of hydrogen-bond acceptors (Lipinski definition) is 4. The van der Waals surface area contributed by atoms with Gasteiger partial charge in [-0.3, -0.25) is 9.79 Å². The Morgan fingerprint density at radius 1 is 1.00 bits per heavy atom. The Morgan fingerprint density at radius 3 is 2.24 bits per heavy atom.